The van der Waals surface area contributed by atoms with E-state index in [1.165, 1.54) is 39.5 Å². The van der Waals surface area contributed by atoms with Gasteiger partial charge in [-0.25, -0.2) is 14.6 Å². The van der Waals surface area contributed by atoms with E-state index in [4.69, 9.17) is 23.7 Å². The lowest BCUT2D eigenvalue weighted by Crippen LogP contribution is -2.27. The van der Waals surface area contributed by atoms with E-state index in [-0.39, 0.29) is 35.9 Å². The second-order valence-electron chi connectivity index (χ2n) is 8.03. The second-order valence-corrected chi connectivity index (χ2v) is 8.03. The number of nitrogens with one attached hydrogen (secondary N) is 1. The summed E-state index contributed by atoms with van der Waals surface area (Å²) in [6.45, 7) is 4.62. The standard InChI is InChI=1S/C26H30N2O8/c1-5-17-12-20(25(30)36-15-35-11-10-32-2)19(13-22(17)33-3)18-8-9-21(28-23(18)26(31)34-4)24(29)27-14-16-6-7-16/h5,8-9,12-13,16H,1,6-7,10-11,14-15H2,2-4H3,(H,27,29). The highest BCUT2D eigenvalue weighted by molar-refractivity contribution is 6.04. The molecule has 0 aliphatic heterocycles. The molecule has 1 saturated carbocycles. The van der Waals surface area contributed by atoms with Crippen molar-refractivity contribution in [3.05, 3.63) is 53.4 Å². The van der Waals surface area contributed by atoms with Gasteiger partial charge in [-0.2, -0.15) is 0 Å². The first-order chi connectivity index (χ1) is 17.4. The van der Waals surface area contributed by atoms with Gasteiger partial charge in [0.25, 0.3) is 5.91 Å². The van der Waals surface area contributed by atoms with Gasteiger partial charge in [-0.15, -0.1) is 0 Å². The van der Waals surface area contributed by atoms with Gasteiger partial charge >= 0.3 is 11.9 Å². The molecule has 0 saturated heterocycles. The summed E-state index contributed by atoms with van der Waals surface area (Å²) in [5.41, 5.74) is 1.16. The Morgan fingerprint density at radius 2 is 1.86 bits per heavy atom. The van der Waals surface area contributed by atoms with Gasteiger partial charge in [-0.1, -0.05) is 12.7 Å². The van der Waals surface area contributed by atoms with Crippen molar-refractivity contribution in [2.45, 2.75) is 12.8 Å². The number of hydrogen-bond acceptors (Lipinski definition) is 9. The Hall–Kier alpha value is -3.76. The van der Waals surface area contributed by atoms with E-state index in [9.17, 15) is 14.4 Å². The van der Waals surface area contributed by atoms with Crippen molar-refractivity contribution in [3.63, 3.8) is 0 Å². The van der Waals surface area contributed by atoms with Crippen LogP contribution in [0.5, 0.6) is 5.75 Å². The minimum atomic E-state index is -0.768. The summed E-state index contributed by atoms with van der Waals surface area (Å²) in [7, 11) is 4.22. The van der Waals surface area contributed by atoms with Crippen LogP contribution < -0.4 is 10.1 Å². The van der Waals surface area contributed by atoms with Crippen LogP contribution in [0.4, 0.5) is 0 Å². The van der Waals surface area contributed by atoms with Crippen LogP contribution >= 0.6 is 0 Å². The monoisotopic (exact) mass is 498 g/mol. The zero-order chi connectivity index (χ0) is 26.1. The van der Waals surface area contributed by atoms with Crippen molar-refractivity contribution in [1.82, 2.24) is 10.3 Å². The summed E-state index contributed by atoms with van der Waals surface area (Å²) in [5.74, 6) is -0.969. The molecule has 1 aliphatic rings. The number of aromatic nitrogens is 1. The molecule has 0 bridgehead atoms. The van der Waals surface area contributed by atoms with E-state index in [1.807, 2.05) is 0 Å². The van der Waals surface area contributed by atoms with Crippen molar-refractivity contribution in [2.75, 3.05) is 47.9 Å². The third-order valence-electron chi connectivity index (χ3n) is 5.56. The van der Waals surface area contributed by atoms with Gasteiger partial charge < -0.3 is 29.0 Å². The predicted molar refractivity (Wildman–Crippen MR) is 131 cm³/mol. The molecule has 1 aliphatic carbocycles. The van der Waals surface area contributed by atoms with Gasteiger partial charge in [-0.3, -0.25) is 4.79 Å². The molecule has 1 amide bonds. The van der Waals surface area contributed by atoms with Crippen LogP contribution in [-0.4, -0.2) is 70.7 Å². The first kappa shape index (κ1) is 26.8. The van der Waals surface area contributed by atoms with Crippen molar-refractivity contribution in [2.24, 2.45) is 5.92 Å². The molecule has 3 rings (SSSR count). The van der Waals surface area contributed by atoms with Crippen LogP contribution in [0.15, 0.2) is 30.8 Å². The maximum Gasteiger partial charge on any atom is 0.357 e. The number of hydrogen-bond donors (Lipinski definition) is 1. The van der Waals surface area contributed by atoms with E-state index in [2.05, 4.69) is 16.9 Å². The molecule has 1 aromatic heterocycles. The van der Waals surface area contributed by atoms with Crippen LogP contribution in [0, 0.1) is 5.92 Å². The van der Waals surface area contributed by atoms with Crippen LogP contribution in [0.2, 0.25) is 0 Å². The Bertz CT molecular complexity index is 1130. The fraction of sp³-hybridized carbons (Fsp3) is 0.385. The molecule has 10 heteroatoms. The van der Waals surface area contributed by atoms with E-state index in [0.29, 0.717) is 35.9 Å². The van der Waals surface area contributed by atoms with Crippen LogP contribution in [0.1, 0.15) is 49.7 Å². The van der Waals surface area contributed by atoms with Gasteiger partial charge in [0.1, 0.15) is 11.4 Å². The molecule has 1 aromatic carbocycles. The lowest BCUT2D eigenvalue weighted by Gasteiger charge is -2.16. The summed E-state index contributed by atoms with van der Waals surface area (Å²) < 4.78 is 25.8. The van der Waals surface area contributed by atoms with Gasteiger partial charge in [0, 0.05) is 30.3 Å². The maximum absolute atomic E-state index is 13.0. The van der Waals surface area contributed by atoms with E-state index < -0.39 is 17.8 Å². The zero-order valence-electron chi connectivity index (χ0n) is 20.6. The Morgan fingerprint density at radius 1 is 1.08 bits per heavy atom. The minimum Gasteiger partial charge on any atom is -0.496 e. The summed E-state index contributed by atoms with van der Waals surface area (Å²) in [6.07, 6.45) is 3.69. The summed E-state index contributed by atoms with van der Waals surface area (Å²) in [6, 6.07) is 6.14. The largest absolute Gasteiger partial charge is 0.496 e. The maximum atomic E-state index is 13.0. The zero-order valence-corrected chi connectivity index (χ0v) is 20.6. The molecule has 10 nitrogen and oxygen atoms in total. The third kappa shape index (κ3) is 6.67. The molecular weight excluding hydrogens is 468 g/mol. The molecule has 0 spiro atoms. The lowest BCUT2D eigenvalue weighted by molar-refractivity contribution is -0.0435. The van der Waals surface area contributed by atoms with E-state index >= 15 is 0 Å². The number of carbonyl (C=O) groups is 3. The topological polar surface area (TPSA) is 122 Å². The number of amides is 1. The Kier molecular flexibility index (Phi) is 9.54. The number of methoxy groups -OCH3 is 3. The third-order valence-corrected chi connectivity index (χ3v) is 5.56. The molecule has 2 aromatic rings. The predicted octanol–water partition coefficient (Wildman–Crippen LogP) is 3.10. The number of rotatable bonds is 13. The highest BCUT2D eigenvalue weighted by atomic mass is 16.7. The van der Waals surface area contributed by atoms with Gasteiger partial charge in [0.05, 0.1) is 33.0 Å². The molecule has 0 radical (unpaired) electrons. The number of pyridine rings is 1. The molecule has 0 atom stereocenters. The quantitative estimate of drug-likeness (QED) is 0.252. The first-order valence-electron chi connectivity index (χ1n) is 11.4. The molecule has 0 unspecified atom stereocenters. The number of carbonyl (C=O) groups excluding carboxylic acids is 3. The Balaban J connectivity index is 2.02. The Labute approximate surface area is 209 Å². The van der Waals surface area contributed by atoms with Crippen molar-refractivity contribution in [1.29, 1.82) is 0 Å². The molecule has 1 heterocycles. The first-order valence-corrected chi connectivity index (χ1v) is 11.4. The van der Waals surface area contributed by atoms with Gasteiger partial charge in [0.2, 0.25) is 0 Å². The lowest BCUT2D eigenvalue weighted by atomic mass is 9.95. The van der Waals surface area contributed by atoms with Crippen LogP contribution in [0.25, 0.3) is 17.2 Å². The van der Waals surface area contributed by atoms with Gasteiger partial charge in [0.15, 0.2) is 12.5 Å². The Morgan fingerprint density at radius 3 is 2.50 bits per heavy atom. The van der Waals surface area contributed by atoms with Gasteiger partial charge in [-0.05, 0) is 43.0 Å². The summed E-state index contributed by atoms with van der Waals surface area (Å²) in [4.78, 5) is 42.5. The molecular formula is C26H30N2O8. The number of ether oxygens (including phenoxy) is 5. The highest BCUT2D eigenvalue weighted by Gasteiger charge is 2.26. The average molecular weight is 499 g/mol. The number of esters is 2. The van der Waals surface area contributed by atoms with Crippen LogP contribution in [0.3, 0.4) is 0 Å². The van der Waals surface area contributed by atoms with E-state index in [1.54, 1.807) is 12.1 Å². The van der Waals surface area contributed by atoms with E-state index in [0.717, 1.165) is 12.8 Å². The molecule has 1 N–H and O–H groups in total. The van der Waals surface area contributed by atoms with Crippen LogP contribution in [-0.2, 0) is 18.9 Å². The second kappa shape index (κ2) is 12.8. The molecule has 192 valence electrons. The number of nitrogens with zero attached hydrogens (tertiary/aromatic N) is 1. The average Bonchev–Trinajstić information content (AvgIpc) is 3.74. The summed E-state index contributed by atoms with van der Waals surface area (Å²) >= 11 is 0. The van der Waals surface area contributed by atoms with Crippen molar-refractivity contribution in [3.8, 4) is 16.9 Å². The highest BCUT2D eigenvalue weighted by Crippen LogP contribution is 2.34. The summed E-state index contributed by atoms with van der Waals surface area (Å²) in [5, 5.41) is 2.82. The normalized spacial score (nSPS) is 12.5. The molecule has 36 heavy (non-hydrogen) atoms. The fourth-order valence-electron chi connectivity index (χ4n) is 3.40. The van der Waals surface area contributed by atoms with Crippen molar-refractivity contribution >= 4 is 23.9 Å². The fourth-order valence-corrected chi connectivity index (χ4v) is 3.40. The smallest absolute Gasteiger partial charge is 0.357 e. The molecule has 1 fully saturated rings. The number of benzene rings is 1. The minimum absolute atomic E-state index is 0.0603. The SMILES string of the molecule is C=Cc1cc(C(=O)OCOCCOC)c(-c2ccc(C(=O)NCC3CC3)nc2C(=O)OC)cc1OC. The van der Waals surface area contributed by atoms with Crippen molar-refractivity contribution < 1.29 is 38.1 Å².